The van der Waals surface area contributed by atoms with Crippen molar-refractivity contribution in [3.05, 3.63) is 24.3 Å². The molecule has 3 N–H and O–H groups in total. The Morgan fingerprint density at radius 3 is 0.848 bits per heavy atom. The van der Waals surface area contributed by atoms with Gasteiger partial charge in [0.1, 0.15) is 19.3 Å². The molecule has 0 rings (SSSR count). The van der Waals surface area contributed by atoms with Gasteiger partial charge in [-0.3, -0.25) is 37.3 Å². The molecule has 0 aromatic carbocycles. The largest absolute Gasteiger partial charge is 0.472 e. The van der Waals surface area contributed by atoms with Crippen LogP contribution >= 0.6 is 15.6 Å². The molecule has 0 heterocycles. The highest BCUT2D eigenvalue weighted by molar-refractivity contribution is 7.47. The number of carbonyl (C=O) groups is 4. The van der Waals surface area contributed by atoms with Crippen molar-refractivity contribution in [1.82, 2.24) is 0 Å². The fourth-order valence-corrected chi connectivity index (χ4v) is 14.3. The maximum Gasteiger partial charge on any atom is 0.472 e. The van der Waals surface area contributed by atoms with E-state index in [0.29, 0.717) is 31.6 Å². The molecular formula is C86H164O17P2. The molecule has 0 aliphatic heterocycles. The van der Waals surface area contributed by atoms with Crippen LogP contribution in [0.3, 0.4) is 0 Å². The quantitative estimate of drug-likeness (QED) is 0.0169. The van der Waals surface area contributed by atoms with Gasteiger partial charge in [0.2, 0.25) is 0 Å². The third kappa shape index (κ3) is 76.7. The number of hydrogen-bond acceptors (Lipinski definition) is 15. The Kier molecular flexibility index (Phi) is 73.8. The molecule has 0 saturated carbocycles. The summed E-state index contributed by atoms with van der Waals surface area (Å²) in [6.45, 7) is 12.0. The Hall–Kier alpha value is -2.46. The molecule has 0 aromatic heterocycles. The zero-order valence-electron chi connectivity index (χ0n) is 68.7. The zero-order chi connectivity index (χ0) is 77.2. The van der Waals surface area contributed by atoms with Crippen molar-refractivity contribution in [1.29, 1.82) is 0 Å². The van der Waals surface area contributed by atoms with Crippen molar-refractivity contribution in [3.63, 3.8) is 0 Å². The van der Waals surface area contributed by atoms with Crippen LogP contribution in [-0.2, 0) is 65.4 Å². The van der Waals surface area contributed by atoms with Crippen molar-refractivity contribution in [2.75, 3.05) is 39.6 Å². The molecule has 5 unspecified atom stereocenters. The highest BCUT2D eigenvalue weighted by atomic mass is 31.2. The number of allylic oxidation sites excluding steroid dienone is 4. The Labute approximate surface area is 643 Å². The Morgan fingerprint density at radius 2 is 0.562 bits per heavy atom. The van der Waals surface area contributed by atoms with Crippen LogP contribution in [0.25, 0.3) is 0 Å². The Bertz CT molecular complexity index is 2130. The first kappa shape index (κ1) is 103. The van der Waals surface area contributed by atoms with Crippen LogP contribution in [0, 0.1) is 17.8 Å². The lowest BCUT2D eigenvalue weighted by Crippen LogP contribution is -2.30. The summed E-state index contributed by atoms with van der Waals surface area (Å²) >= 11 is 0. The summed E-state index contributed by atoms with van der Waals surface area (Å²) in [7, 11) is -9.94. The lowest BCUT2D eigenvalue weighted by molar-refractivity contribution is -0.161. The maximum atomic E-state index is 13.1. The van der Waals surface area contributed by atoms with E-state index in [4.69, 9.17) is 37.0 Å². The third-order valence-electron chi connectivity index (χ3n) is 20.2. The van der Waals surface area contributed by atoms with E-state index >= 15 is 0 Å². The number of rotatable bonds is 82. The summed E-state index contributed by atoms with van der Waals surface area (Å²) in [5.41, 5.74) is 0. The molecule has 0 aliphatic rings. The molecule has 0 aromatic rings. The number of carbonyl (C=O) groups excluding carboxylic acids is 4. The predicted molar refractivity (Wildman–Crippen MR) is 432 cm³/mol. The lowest BCUT2D eigenvalue weighted by atomic mass is 9.99. The average molecular weight is 1530 g/mol. The molecule has 105 heavy (non-hydrogen) atoms. The van der Waals surface area contributed by atoms with E-state index in [1.165, 1.54) is 218 Å². The number of phosphoric acid groups is 2. The minimum Gasteiger partial charge on any atom is -0.462 e. The smallest absolute Gasteiger partial charge is 0.462 e. The fourth-order valence-electron chi connectivity index (χ4n) is 12.8. The summed E-state index contributed by atoms with van der Waals surface area (Å²) in [5, 5.41) is 10.7. The van der Waals surface area contributed by atoms with Crippen LogP contribution in [0.1, 0.15) is 427 Å². The molecular weight excluding hydrogens is 1370 g/mol. The van der Waals surface area contributed by atoms with Crippen LogP contribution in [0.4, 0.5) is 0 Å². The van der Waals surface area contributed by atoms with Gasteiger partial charge in [0, 0.05) is 25.7 Å². The van der Waals surface area contributed by atoms with E-state index < -0.39 is 97.5 Å². The topological polar surface area (TPSA) is 237 Å². The predicted octanol–water partition coefficient (Wildman–Crippen LogP) is 25.6. The van der Waals surface area contributed by atoms with Gasteiger partial charge >= 0.3 is 39.5 Å². The van der Waals surface area contributed by atoms with Crippen molar-refractivity contribution in [2.45, 2.75) is 446 Å². The van der Waals surface area contributed by atoms with E-state index in [9.17, 15) is 43.2 Å². The first-order valence-electron chi connectivity index (χ1n) is 43.7. The van der Waals surface area contributed by atoms with Crippen molar-refractivity contribution < 1.29 is 80.2 Å². The minimum atomic E-state index is -4.97. The number of hydrogen-bond donors (Lipinski definition) is 3. The number of esters is 4. The average Bonchev–Trinajstić information content (AvgIpc) is 0.920. The monoisotopic (exact) mass is 1530 g/mol. The number of ether oxygens (including phenoxy) is 4. The SMILES string of the molecule is CCCCCC/C=C\C=C/CCCCCCCC(=O)O[C@H](COC(=O)CCCCCCCCCCCCCCCCCCCCC(C)CC)COP(=O)(O)OCC(O)COP(=O)(O)OC[C@@H](COC(=O)CCCCCCCCCC(C)C)OC(=O)CCCCCCCCCCCCCCCCC(C)CC. The van der Waals surface area contributed by atoms with E-state index in [1.807, 2.05) is 0 Å². The summed E-state index contributed by atoms with van der Waals surface area (Å²) in [5.74, 6) is 0.283. The molecule has 0 bridgehead atoms. The van der Waals surface area contributed by atoms with Gasteiger partial charge in [-0.25, -0.2) is 9.13 Å². The van der Waals surface area contributed by atoms with Crippen LogP contribution in [0.2, 0.25) is 0 Å². The van der Waals surface area contributed by atoms with E-state index in [2.05, 4.69) is 72.8 Å². The second-order valence-electron chi connectivity index (χ2n) is 31.2. The molecule has 0 amide bonds. The molecule has 19 heteroatoms. The minimum absolute atomic E-state index is 0.0854. The van der Waals surface area contributed by atoms with Crippen molar-refractivity contribution in [3.8, 4) is 0 Å². The van der Waals surface area contributed by atoms with Gasteiger partial charge in [-0.05, 0) is 69.1 Å². The second-order valence-corrected chi connectivity index (χ2v) is 34.1. The van der Waals surface area contributed by atoms with Crippen molar-refractivity contribution in [2.24, 2.45) is 17.8 Å². The van der Waals surface area contributed by atoms with E-state index in [0.717, 1.165) is 121 Å². The van der Waals surface area contributed by atoms with Gasteiger partial charge in [-0.15, -0.1) is 0 Å². The van der Waals surface area contributed by atoms with Gasteiger partial charge < -0.3 is 33.8 Å². The maximum absolute atomic E-state index is 13.1. The summed E-state index contributed by atoms with van der Waals surface area (Å²) in [4.78, 5) is 73.1. The fraction of sp³-hybridized carbons (Fsp3) is 0.907. The molecule has 7 atom stereocenters. The van der Waals surface area contributed by atoms with Gasteiger partial charge in [0.25, 0.3) is 0 Å². The van der Waals surface area contributed by atoms with Crippen molar-refractivity contribution >= 4 is 39.5 Å². The third-order valence-corrected chi connectivity index (χ3v) is 22.1. The number of unbranched alkanes of at least 4 members (excludes halogenated alkanes) is 45. The van der Waals surface area contributed by atoms with Gasteiger partial charge in [0.05, 0.1) is 26.4 Å². The van der Waals surface area contributed by atoms with Gasteiger partial charge in [-0.1, -0.05) is 375 Å². The van der Waals surface area contributed by atoms with E-state index in [-0.39, 0.29) is 25.7 Å². The van der Waals surface area contributed by atoms with Crippen LogP contribution < -0.4 is 0 Å². The van der Waals surface area contributed by atoms with E-state index in [1.54, 1.807) is 0 Å². The van der Waals surface area contributed by atoms with Crippen LogP contribution in [-0.4, -0.2) is 96.7 Å². The van der Waals surface area contributed by atoms with Gasteiger partial charge in [-0.2, -0.15) is 0 Å². The summed E-state index contributed by atoms with van der Waals surface area (Å²) in [6, 6.07) is 0. The highest BCUT2D eigenvalue weighted by Gasteiger charge is 2.30. The van der Waals surface area contributed by atoms with Crippen LogP contribution in [0.15, 0.2) is 24.3 Å². The molecule has 620 valence electrons. The number of phosphoric ester groups is 2. The normalized spacial score (nSPS) is 14.5. The molecule has 0 radical (unpaired) electrons. The Morgan fingerprint density at radius 1 is 0.314 bits per heavy atom. The van der Waals surface area contributed by atoms with Crippen LogP contribution in [0.5, 0.6) is 0 Å². The molecule has 0 spiro atoms. The highest BCUT2D eigenvalue weighted by Crippen LogP contribution is 2.45. The number of aliphatic hydroxyl groups is 1. The molecule has 0 saturated heterocycles. The standard InChI is InChI=1S/C86H164O17P2/c1-8-11-12-13-14-15-16-17-22-30-35-40-47-55-62-69-85(90)102-81(73-96-83(88)67-60-53-46-39-34-29-24-21-19-18-20-23-27-32-37-44-51-58-65-78(6)9-2)75-100-104(92,93)98-71-80(87)72-99-105(94,95)101-76-82(74-97-84(89)68-61-54-49-42-43-50-57-64-77(4)5)103-86(91)70-63-56-48-41-36-31-26-25-28-33-38-45-52-59-66-79(7)10-3/h15-17,22,77-82,87H,8-14,18-21,23-76H2,1-7H3,(H,92,93)(H,94,95)/b16-15-,22-17-/t78?,79?,80?,81-,82-/m1/s1. The molecule has 17 nitrogen and oxygen atoms in total. The summed E-state index contributed by atoms with van der Waals surface area (Å²) in [6.07, 6.45) is 68.9. The zero-order valence-corrected chi connectivity index (χ0v) is 70.5. The molecule has 0 aliphatic carbocycles. The van der Waals surface area contributed by atoms with Gasteiger partial charge in [0.15, 0.2) is 12.2 Å². The second kappa shape index (κ2) is 75.6. The number of aliphatic hydroxyl groups excluding tert-OH is 1. The first-order chi connectivity index (χ1) is 50.8. The summed E-state index contributed by atoms with van der Waals surface area (Å²) < 4.78 is 68.8. The molecule has 0 fully saturated rings. The Balaban J connectivity index is 5.23. The lowest BCUT2D eigenvalue weighted by Gasteiger charge is -2.21. The first-order valence-corrected chi connectivity index (χ1v) is 46.7.